The Balaban J connectivity index is 1.59. The number of carbonyl (C=O) groups excluding carboxylic acids is 1. The van der Waals surface area contributed by atoms with Crippen LogP contribution in [0.25, 0.3) is 22.3 Å². The molecule has 0 radical (unpaired) electrons. The van der Waals surface area contributed by atoms with Gasteiger partial charge in [0.05, 0.1) is 22.9 Å². The minimum absolute atomic E-state index is 0.148. The fraction of sp³-hybridized carbons (Fsp3) is 0.0870. The van der Waals surface area contributed by atoms with Gasteiger partial charge in [0.15, 0.2) is 0 Å². The van der Waals surface area contributed by atoms with Gasteiger partial charge in [-0.25, -0.2) is 4.98 Å². The topological polar surface area (TPSA) is 58.1 Å². The van der Waals surface area contributed by atoms with Gasteiger partial charge in [-0.1, -0.05) is 30.3 Å². The highest BCUT2D eigenvalue weighted by Gasteiger charge is 2.09. The lowest BCUT2D eigenvalue weighted by Gasteiger charge is -2.13. The van der Waals surface area contributed by atoms with E-state index in [0.29, 0.717) is 11.3 Å². The third kappa shape index (κ3) is 3.69. The second kappa shape index (κ2) is 7.48. The summed E-state index contributed by atoms with van der Waals surface area (Å²) in [7, 11) is 3.90. The molecule has 0 spiro atoms. The molecule has 28 heavy (non-hydrogen) atoms. The van der Waals surface area contributed by atoms with Gasteiger partial charge in [0, 0.05) is 36.6 Å². The molecule has 5 heteroatoms. The SMILES string of the molecule is CN(C)c1cccc(C(=O)Nc2cccc(-c3cnc4ccccc4n3)c2)c1. The van der Waals surface area contributed by atoms with E-state index in [0.717, 1.165) is 28.0 Å². The Kier molecular flexibility index (Phi) is 4.72. The second-order valence-corrected chi connectivity index (χ2v) is 6.72. The molecule has 138 valence electrons. The number of amides is 1. The number of nitrogens with zero attached hydrogens (tertiary/aromatic N) is 3. The Morgan fingerprint density at radius 3 is 2.50 bits per heavy atom. The Hall–Kier alpha value is -3.73. The van der Waals surface area contributed by atoms with Crippen molar-refractivity contribution in [3.05, 3.63) is 84.6 Å². The van der Waals surface area contributed by atoms with Gasteiger partial charge in [-0.05, 0) is 42.5 Å². The Labute approximate surface area is 163 Å². The molecule has 1 N–H and O–H groups in total. The van der Waals surface area contributed by atoms with Crippen LogP contribution in [0.5, 0.6) is 0 Å². The molecule has 0 aliphatic carbocycles. The van der Waals surface area contributed by atoms with Gasteiger partial charge in [0.25, 0.3) is 5.91 Å². The fourth-order valence-electron chi connectivity index (χ4n) is 2.98. The summed E-state index contributed by atoms with van der Waals surface area (Å²) in [6, 6.07) is 22.9. The molecule has 0 atom stereocenters. The molecule has 0 saturated carbocycles. The molecule has 0 aliphatic rings. The van der Waals surface area contributed by atoms with Crippen molar-refractivity contribution in [2.45, 2.75) is 0 Å². The lowest BCUT2D eigenvalue weighted by atomic mass is 10.1. The van der Waals surface area contributed by atoms with Crippen LogP contribution in [0.3, 0.4) is 0 Å². The molecule has 5 nitrogen and oxygen atoms in total. The van der Waals surface area contributed by atoms with Crippen molar-refractivity contribution >= 4 is 28.3 Å². The van der Waals surface area contributed by atoms with Crippen molar-refractivity contribution in [1.82, 2.24) is 9.97 Å². The minimum Gasteiger partial charge on any atom is -0.378 e. The van der Waals surface area contributed by atoms with Crippen molar-refractivity contribution in [1.29, 1.82) is 0 Å². The summed E-state index contributed by atoms with van der Waals surface area (Å²) in [6.07, 6.45) is 1.75. The Morgan fingerprint density at radius 1 is 0.893 bits per heavy atom. The van der Waals surface area contributed by atoms with E-state index in [1.165, 1.54) is 0 Å². The highest BCUT2D eigenvalue weighted by Crippen LogP contribution is 2.23. The zero-order valence-electron chi connectivity index (χ0n) is 15.8. The normalized spacial score (nSPS) is 10.6. The number of carbonyl (C=O) groups is 1. The van der Waals surface area contributed by atoms with Crippen molar-refractivity contribution < 1.29 is 4.79 Å². The quantitative estimate of drug-likeness (QED) is 0.571. The standard InChI is InChI=1S/C23H20N4O/c1-27(2)19-10-6-8-17(14-19)23(28)25-18-9-5-7-16(13-18)22-15-24-20-11-3-4-12-21(20)26-22/h3-15H,1-2H3,(H,25,28). The van der Waals surface area contributed by atoms with Crippen LogP contribution < -0.4 is 10.2 Å². The molecule has 0 aliphatic heterocycles. The Bertz CT molecular complexity index is 1150. The van der Waals surface area contributed by atoms with Crippen LogP contribution in [0.15, 0.2) is 79.0 Å². The maximum atomic E-state index is 12.7. The molecule has 0 fully saturated rings. The summed E-state index contributed by atoms with van der Waals surface area (Å²) in [5, 5.41) is 2.97. The molecule has 0 bridgehead atoms. The highest BCUT2D eigenvalue weighted by molar-refractivity contribution is 6.05. The molecule has 1 heterocycles. The number of benzene rings is 3. The van der Waals surface area contributed by atoms with Gasteiger partial charge < -0.3 is 10.2 Å². The predicted octanol–water partition coefficient (Wildman–Crippen LogP) is 4.62. The average molecular weight is 368 g/mol. The largest absolute Gasteiger partial charge is 0.378 e. The van der Waals surface area contributed by atoms with E-state index >= 15 is 0 Å². The number of para-hydroxylation sites is 2. The molecule has 0 unspecified atom stereocenters. The summed E-state index contributed by atoms with van der Waals surface area (Å²) in [5.41, 5.74) is 5.68. The first-order valence-electron chi connectivity index (χ1n) is 9.01. The van der Waals surface area contributed by atoms with Gasteiger partial charge in [-0.15, -0.1) is 0 Å². The average Bonchev–Trinajstić information content (AvgIpc) is 2.73. The van der Waals surface area contributed by atoms with Gasteiger partial charge >= 0.3 is 0 Å². The van der Waals surface area contributed by atoms with Crippen molar-refractivity contribution in [3.8, 4) is 11.3 Å². The first-order chi connectivity index (χ1) is 13.6. The highest BCUT2D eigenvalue weighted by atomic mass is 16.1. The van der Waals surface area contributed by atoms with Crippen LogP contribution >= 0.6 is 0 Å². The second-order valence-electron chi connectivity index (χ2n) is 6.72. The van der Waals surface area contributed by atoms with Crippen LogP contribution in [0.2, 0.25) is 0 Å². The summed E-state index contributed by atoms with van der Waals surface area (Å²) >= 11 is 0. The molecule has 3 aromatic carbocycles. The van der Waals surface area contributed by atoms with Crippen molar-refractivity contribution in [2.24, 2.45) is 0 Å². The fourth-order valence-corrected chi connectivity index (χ4v) is 2.98. The molecular weight excluding hydrogens is 348 g/mol. The van der Waals surface area contributed by atoms with Crippen LogP contribution in [-0.4, -0.2) is 30.0 Å². The number of nitrogens with one attached hydrogen (secondary N) is 1. The van der Waals surface area contributed by atoms with E-state index < -0.39 is 0 Å². The van der Waals surface area contributed by atoms with Gasteiger partial charge in [0.2, 0.25) is 0 Å². The van der Waals surface area contributed by atoms with E-state index in [1.54, 1.807) is 12.3 Å². The van der Waals surface area contributed by atoms with Gasteiger partial charge in [-0.3, -0.25) is 9.78 Å². The number of rotatable bonds is 4. The summed E-state index contributed by atoms with van der Waals surface area (Å²) in [6.45, 7) is 0. The zero-order chi connectivity index (χ0) is 19.5. The summed E-state index contributed by atoms with van der Waals surface area (Å²) in [5.74, 6) is -0.148. The van der Waals surface area contributed by atoms with Gasteiger partial charge in [-0.2, -0.15) is 0 Å². The maximum absolute atomic E-state index is 12.7. The molecule has 4 rings (SSSR count). The van der Waals surface area contributed by atoms with E-state index in [1.807, 2.05) is 85.7 Å². The van der Waals surface area contributed by atoms with Crippen molar-refractivity contribution in [3.63, 3.8) is 0 Å². The first kappa shape index (κ1) is 17.7. The number of aromatic nitrogens is 2. The Morgan fingerprint density at radius 2 is 1.68 bits per heavy atom. The monoisotopic (exact) mass is 368 g/mol. The number of hydrogen-bond acceptors (Lipinski definition) is 4. The smallest absolute Gasteiger partial charge is 0.255 e. The summed E-state index contributed by atoms with van der Waals surface area (Å²) in [4.78, 5) is 23.8. The van der Waals surface area contributed by atoms with E-state index in [-0.39, 0.29) is 5.91 Å². The van der Waals surface area contributed by atoms with Crippen LogP contribution in [0.4, 0.5) is 11.4 Å². The maximum Gasteiger partial charge on any atom is 0.255 e. The number of fused-ring (bicyclic) bond motifs is 1. The number of hydrogen-bond donors (Lipinski definition) is 1. The predicted molar refractivity (Wildman–Crippen MR) is 114 cm³/mol. The lowest BCUT2D eigenvalue weighted by molar-refractivity contribution is 0.102. The zero-order valence-corrected chi connectivity index (χ0v) is 15.8. The third-order valence-electron chi connectivity index (χ3n) is 4.49. The molecule has 0 saturated heterocycles. The molecule has 1 amide bonds. The first-order valence-corrected chi connectivity index (χ1v) is 9.01. The molecule has 4 aromatic rings. The molecule has 1 aromatic heterocycles. The third-order valence-corrected chi connectivity index (χ3v) is 4.49. The number of anilines is 2. The lowest BCUT2D eigenvalue weighted by Crippen LogP contribution is -2.14. The molecular formula is C23H20N4O. The van der Waals surface area contributed by atoms with Crippen LogP contribution in [0.1, 0.15) is 10.4 Å². The van der Waals surface area contributed by atoms with E-state index in [2.05, 4.69) is 15.3 Å². The van der Waals surface area contributed by atoms with Crippen molar-refractivity contribution in [2.75, 3.05) is 24.3 Å². The minimum atomic E-state index is -0.148. The van der Waals surface area contributed by atoms with Crippen LogP contribution in [0, 0.1) is 0 Å². The van der Waals surface area contributed by atoms with E-state index in [4.69, 9.17) is 0 Å². The summed E-state index contributed by atoms with van der Waals surface area (Å²) < 4.78 is 0. The van der Waals surface area contributed by atoms with Gasteiger partial charge in [0.1, 0.15) is 0 Å². The van der Waals surface area contributed by atoms with Crippen LogP contribution in [-0.2, 0) is 0 Å². The van der Waals surface area contributed by atoms with E-state index in [9.17, 15) is 4.79 Å².